The third-order valence-electron chi connectivity index (χ3n) is 3.80. The zero-order valence-electron chi connectivity index (χ0n) is 11.8. The Hall–Kier alpha value is -1.88. The summed E-state index contributed by atoms with van der Waals surface area (Å²) in [6.07, 6.45) is 2.35. The predicted octanol–water partition coefficient (Wildman–Crippen LogP) is 3.69. The summed E-state index contributed by atoms with van der Waals surface area (Å²) in [6.45, 7) is 6.41. The van der Waals surface area contributed by atoms with Crippen LogP contribution in [-0.4, -0.2) is 22.6 Å². The van der Waals surface area contributed by atoms with Crippen LogP contribution in [0.2, 0.25) is 0 Å². The second kappa shape index (κ2) is 5.48. The normalized spacial score (nSPS) is 18.3. The molecule has 0 spiro atoms. The molecular formula is C16H16BrN3O. The summed E-state index contributed by atoms with van der Waals surface area (Å²) in [5.41, 5.74) is 3.00. The van der Waals surface area contributed by atoms with Gasteiger partial charge in [-0.15, -0.1) is 6.58 Å². The van der Waals surface area contributed by atoms with Gasteiger partial charge in [-0.25, -0.2) is 0 Å². The standard InChI is InChI=1S/C16H16BrN3O/c1-3-11-8-14(21)20(9-11)16-15(10(2)18-19-16)12-4-6-13(17)7-5-12/h3-7,11H,1,8-9H2,2H3,(H,18,19). The number of aromatic nitrogens is 2. The number of aryl methyl sites for hydroxylation is 1. The number of nitrogens with zero attached hydrogens (tertiary/aromatic N) is 2. The Morgan fingerprint density at radius 1 is 1.43 bits per heavy atom. The molecule has 21 heavy (non-hydrogen) atoms. The Balaban J connectivity index is 2.03. The van der Waals surface area contributed by atoms with Crippen molar-refractivity contribution in [1.29, 1.82) is 0 Å². The van der Waals surface area contributed by atoms with E-state index in [0.717, 1.165) is 21.3 Å². The molecule has 1 saturated heterocycles. The molecule has 5 heteroatoms. The third-order valence-corrected chi connectivity index (χ3v) is 4.33. The molecule has 0 aliphatic carbocycles. The SMILES string of the molecule is C=CC1CC(=O)N(c2n[nH]c(C)c2-c2ccc(Br)cc2)C1. The van der Waals surface area contributed by atoms with Crippen molar-refractivity contribution in [3.8, 4) is 11.1 Å². The second-order valence-electron chi connectivity index (χ2n) is 5.26. The van der Waals surface area contributed by atoms with E-state index in [2.05, 4.69) is 32.7 Å². The lowest BCUT2D eigenvalue weighted by molar-refractivity contribution is -0.117. The minimum atomic E-state index is 0.102. The number of nitrogens with one attached hydrogen (secondary N) is 1. The lowest BCUT2D eigenvalue weighted by Gasteiger charge is -2.15. The zero-order chi connectivity index (χ0) is 15.0. The van der Waals surface area contributed by atoms with Gasteiger partial charge in [0.15, 0.2) is 5.82 Å². The third kappa shape index (κ3) is 2.53. The summed E-state index contributed by atoms with van der Waals surface area (Å²) in [6, 6.07) is 8.03. The van der Waals surface area contributed by atoms with Crippen molar-refractivity contribution in [1.82, 2.24) is 10.2 Å². The van der Waals surface area contributed by atoms with Gasteiger partial charge >= 0.3 is 0 Å². The smallest absolute Gasteiger partial charge is 0.228 e. The van der Waals surface area contributed by atoms with E-state index in [9.17, 15) is 4.79 Å². The summed E-state index contributed by atoms with van der Waals surface area (Å²) < 4.78 is 1.03. The van der Waals surface area contributed by atoms with Crippen LogP contribution in [0.4, 0.5) is 5.82 Å². The molecular weight excluding hydrogens is 330 g/mol. The van der Waals surface area contributed by atoms with Crippen molar-refractivity contribution >= 4 is 27.7 Å². The first-order chi connectivity index (χ1) is 10.1. The lowest BCUT2D eigenvalue weighted by atomic mass is 10.1. The molecule has 1 fully saturated rings. The molecule has 0 radical (unpaired) electrons. The molecule has 108 valence electrons. The van der Waals surface area contributed by atoms with Crippen LogP contribution in [0.3, 0.4) is 0 Å². The number of carbonyl (C=O) groups is 1. The molecule has 2 heterocycles. The summed E-state index contributed by atoms with van der Waals surface area (Å²) in [4.78, 5) is 14.0. The van der Waals surface area contributed by atoms with Crippen molar-refractivity contribution in [3.05, 3.63) is 47.1 Å². The van der Waals surface area contributed by atoms with Crippen molar-refractivity contribution in [2.45, 2.75) is 13.3 Å². The largest absolute Gasteiger partial charge is 0.294 e. The summed E-state index contributed by atoms with van der Waals surface area (Å²) in [5.74, 6) is 1.02. The van der Waals surface area contributed by atoms with Crippen LogP contribution in [0, 0.1) is 12.8 Å². The van der Waals surface area contributed by atoms with Gasteiger partial charge in [0.05, 0.1) is 0 Å². The van der Waals surface area contributed by atoms with Gasteiger partial charge in [-0.2, -0.15) is 5.10 Å². The maximum Gasteiger partial charge on any atom is 0.228 e. The first-order valence-electron chi connectivity index (χ1n) is 6.84. The van der Waals surface area contributed by atoms with Crippen LogP contribution in [0.5, 0.6) is 0 Å². The van der Waals surface area contributed by atoms with Crippen LogP contribution < -0.4 is 4.90 Å². The first kappa shape index (κ1) is 14.1. The number of amides is 1. The van der Waals surface area contributed by atoms with Crippen LogP contribution in [-0.2, 0) is 4.79 Å². The number of rotatable bonds is 3. The highest BCUT2D eigenvalue weighted by Crippen LogP contribution is 2.35. The van der Waals surface area contributed by atoms with Crippen molar-refractivity contribution in [2.75, 3.05) is 11.4 Å². The fourth-order valence-electron chi connectivity index (χ4n) is 2.67. The number of carbonyl (C=O) groups excluding carboxylic acids is 1. The number of halogens is 1. The summed E-state index contributed by atoms with van der Waals surface area (Å²) >= 11 is 3.44. The van der Waals surface area contributed by atoms with Crippen LogP contribution >= 0.6 is 15.9 Å². The fraction of sp³-hybridized carbons (Fsp3) is 0.250. The molecule has 1 aliphatic heterocycles. The van der Waals surface area contributed by atoms with Crippen molar-refractivity contribution in [2.24, 2.45) is 5.92 Å². The highest BCUT2D eigenvalue weighted by atomic mass is 79.9. The minimum absolute atomic E-state index is 0.102. The Bertz CT molecular complexity index is 690. The van der Waals surface area contributed by atoms with Gasteiger partial charge in [-0.3, -0.25) is 14.8 Å². The molecule has 2 aromatic rings. The van der Waals surface area contributed by atoms with E-state index < -0.39 is 0 Å². The number of H-pyrrole nitrogens is 1. The predicted molar refractivity (Wildman–Crippen MR) is 87.1 cm³/mol. The highest BCUT2D eigenvalue weighted by Gasteiger charge is 2.32. The van der Waals surface area contributed by atoms with Gasteiger partial charge < -0.3 is 0 Å². The monoisotopic (exact) mass is 345 g/mol. The number of anilines is 1. The second-order valence-corrected chi connectivity index (χ2v) is 6.17. The molecule has 1 aromatic carbocycles. The number of hydrogen-bond donors (Lipinski definition) is 1. The van der Waals surface area contributed by atoms with Crippen molar-refractivity contribution < 1.29 is 4.79 Å². The van der Waals surface area contributed by atoms with Gasteiger partial charge in [-0.05, 0) is 24.6 Å². The molecule has 1 aromatic heterocycles. The van der Waals surface area contributed by atoms with Gasteiger partial charge in [0.2, 0.25) is 5.91 Å². The average Bonchev–Trinajstić information content (AvgIpc) is 3.03. The Morgan fingerprint density at radius 3 is 2.76 bits per heavy atom. The molecule has 1 unspecified atom stereocenters. The van der Waals surface area contributed by atoms with Gasteiger partial charge in [0.1, 0.15) is 0 Å². The molecule has 1 amide bonds. The summed E-state index contributed by atoms with van der Waals surface area (Å²) in [5, 5.41) is 7.35. The van der Waals surface area contributed by atoms with E-state index >= 15 is 0 Å². The number of aromatic amines is 1. The van der Waals surface area contributed by atoms with E-state index in [1.807, 2.05) is 37.3 Å². The summed E-state index contributed by atoms with van der Waals surface area (Å²) in [7, 11) is 0. The van der Waals surface area contributed by atoms with Crippen LogP contribution in [0.25, 0.3) is 11.1 Å². The lowest BCUT2D eigenvalue weighted by Crippen LogP contribution is -2.25. The zero-order valence-corrected chi connectivity index (χ0v) is 13.4. The maximum absolute atomic E-state index is 12.2. The fourth-order valence-corrected chi connectivity index (χ4v) is 2.94. The molecule has 0 bridgehead atoms. The maximum atomic E-state index is 12.2. The molecule has 1 N–H and O–H groups in total. The molecule has 3 rings (SSSR count). The van der Waals surface area contributed by atoms with Gasteiger partial charge in [0.25, 0.3) is 0 Å². The Labute approximate surface area is 132 Å². The average molecular weight is 346 g/mol. The molecule has 1 atom stereocenters. The number of hydrogen-bond acceptors (Lipinski definition) is 2. The topological polar surface area (TPSA) is 49.0 Å². The molecule has 0 saturated carbocycles. The first-order valence-corrected chi connectivity index (χ1v) is 7.63. The Kier molecular flexibility index (Phi) is 3.68. The van der Waals surface area contributed by atoms with E-state index in [1.165, 1.54) is 0 Å². The van der Waals surface area contributed by atoms with E-state index in [0.29, 0.717) is 18.8 Å². The molecule has 4 nitrogen and oxygen atoms in total. The van der Waals surface area contributed by atoms with E-state index in [-0.39, 0.29) is 11.8 Å². The minimum Gasteiger partial charge on any atom is -0.294 e. The van der Waals surface area contributed by atoms with Gasteiger partial charge in [0, 0.05) is 34.6 Å². The van der Waals surface area contributed by atoms with Crippen LogP contribution in [0.1, 0.15) is 12.1 Å². The molecule has 1 aliphatic rings. The highest BCUT2D eigenvalue weighted by molar-refractivity contribution is 9.10. The van der Waals surface area contributed by atoms with E-state index in [1.54, 1.807) is 4.90 Å². The van der Waals surface area contributed by atoms with Gasteiger partial charge in [-0.1, -0.05) is 34.1 Å². The Morgan fingerprint density at radius 2 is 2.14 bits per heavy atom. The van der Waals surface area contributed by atoms with E-state index in [4.69, 9.17) is 0 Å². The van der Waals surface area contributed by atoms with Crippen molar-refractivity contribution in [3.63, 3.8) is 0 Å². The quantitative estimate of drug-likeness (QED) is 0.862. The van der Waals surface area contributed by atoms with Crippen LogP contribution in [0.15, 0.2) is 41.4 Å². The number of benzene rings is 1.